The van der Waals surface area contributed by atoms with Crippen LogP contribution in [0.25, 0.3) is 0 Å². The first kappa shape index (κ1) is 6.80. The zero-order chi connectivity index (χ0) is 6.85. The summed E-state index contributed by atoms with van der Waals surface area (Å²) in [4.78, 5) is 13.3. The zero-order valence-corrected chi connectivity index (χ0v) is 7.10. The highest BCUT2D eigenvalue weighted by Crippen LogP contribution is 1.99. The van der Waals surface area contributed by atoms with E-state index in [0.29, 0.717) is 0 Å². The Morgan fingerprint density at radius 3 is 2.67 bits per heavy atom. The minimum atomic E-state index is -0.0283. The summed E-state index contributed by atoms with van der Waals surface area (Å²) in [7, 11) is 0. The van der Waals surface area contributed by atoms with E-state index in [1.54, 1.807) is 6.07 Å². The number of hydrogen-bond donors (Lipinski definition) is 1. The smallest absolute Gasteiger partial charge is 0.249 e. The molecule has 1 heterocycles. The van der Waals surface area contributed by atoms with E-state index < -0.39 is 0 Å². The van der Waals surface area contributed by atoms with Crippen LogP contribution in [0.5, 0.6) is 0 Å². The van der Waals surface area contributed by atoms with Crippen LogP contribution in [0.2, 0.25) is 0 Å². The lowest BCUT2D eigenvalue weighted by atomic mass is 10.4. The minimum Gasteiger partial charge on any atom is -0.326 e. The molecule has 0 unspecified atom stereocenters. The standard InChI is InChI=1S/C6H6INO/c1-4-2-5(7)3-6(9)8-4/h2-3H,1H3,(H,8,9). The molecule has 1 aromatic rings. The molecule has 0 fully saturated rings. The third-order valence-electron chi connectivity index (χ3n) is 0.944. The molecule has 0 aliphatic heterocycles. The lowest BCUT2D eigenvalue weighted by Crippen LogP contribution is -2.05. The van der Waals surface area contributed by atoms with Gasteiger partial charge >= 0.3 is 0 Å². The number of halogens is 1. The fourth-order valence-corrected chi connectivity index (χ4v) is 1.39. The van der Waals surface area contributed by atoms with Gasteiger partial charge in [0.2, 0.25) is 5.56 Å². The van der Waals surface area contributed by atoms with Crippen molar-refractivity contribution < 1.29 is 0 Å². The monoisotopic (exact) mass is 235 g/mol. The quantitative estimate of drug-likeness (QED) is 0.675. The van der Waals surface area contributed by atoms with E-state index in [1.165, 1.54) is 0 Å². The van der Waals surface area contributed by atoms with Gasteiger partial charge in [0.15, 0.2) is 0 Å². The average molecular weight is 235 g/mol. The van der Waals surface area contributed by atoms with Crippen molar-refractivity contribution in [2.45, 2.75) is 6.92 Å². The van der Waals surface area contributed by atoms with E-state index in [0.717, 1.165) is 9.26 Å². The molecule has 48 valence electrons. The van der Waals surface area contributed by atoms with E-state index in [2.05, 4.69) is 27.6 Å². The first-order chi connectivity index (χ1) is 4.18. The molecule has 0 amide bonds. The second kappa shape index (κ2) is 2.51. The molecule has 0 aliphatic carbocycles. The highest BCUT2D eigenvalue weighted by molar-refractivity contribution is 14.1. The highest BCUT2D eigenvalue weighted by Gasteiger charge is 1.88. The van der Waals surface area contributed by atoms with Crippen LogP contribution in [0.4, 0.5) is 0 Å². The van der Waals surface area contributed by atoms with E-state index in [1.807, 2.05) is 13.0 Å². The Morgan fingerprint density at radius 1 is 1.56 bits per heavy atom. The predicted octanol–water partition coefficient (Wildman–Crippen LogP) is 1.29. The second-order valence-electron chi connectivity index (χ2n) is 1.85. The summed E-state index contributed by atoms with van der Waals surface area (Å²) in [6.45, 7) is 1.86. The van der Waals surface area contributed by atoms with E-state index in [-0.39, 0.29) is 5.56 Å². The molecule has 3 heteroatoms. The zero-order valence-electron chi connectivity index (χ0n) is 4.94. The van der Waals surface area contributed by atoms with Gasteiger partial charge < -0.3 is 4.98 Å². The van der Waals surface area contributed by atoms with Crippen LogP contribution < -0.4 is 5.56 Å². The van der Waals surface area contributed by atoms with Gasteiger partial charge in [0.25, 0.3) is 0 Å². The Kier molecular flexibility index (Phi) is 1.90. The third-order valence-corrected chi connectivity index (χ3v) is 1.57. The van der Waals surface area contributed by atoms with Crippen LogP contribution in [-0.2, 0) is 0 Å². The Labute approximate surface area is 66.4 Å². The second-order valence-corrected chi connectivity index (χ2v) is 3.09. The Morgan fingerprint density at radius 2 is 2.22 bits per heavy atom. The first-order valence-corrected chi connectivity index (χ1v) is 3.63. The van der Waals surface area contributed by atoms with Gasteiger partial charge in [0.05, 0.1) is 0 Å². The molecule has 0 spiro atoms. The van der Waals surface area contributed by atoms with E-state index in [9.17, 15) is 4.79 Å². The number of pyridine rings is 1. The van der Waals surface area contributed by atoms with Gasteiger partial charge in [-0.05, 0) is 35.6 Å². The molecule has 1 N–H and O–H groups in total. The molecule has 2 nitrogen and oxygen atoms in total. The minimum absolute atomic E-state index is 0.0283. The van der Waals surface area contributed by atoms with Crippen LogP contribution in [-0.4, -0.2) is 4.98 Å². The molecule has 0 aliphatic rings. The van der Waals surface area contributed by atoms with Crippen molar-refractivity contribution in [2.75, 3.05) is 0 Å². The van der Waals surface area contributed by atoms with Gasteiger partial charge in [0.1, 0.15) is 0 Å². The van der Waals surface area contributed by atoms with Gasteiger partial charge in [-0.25, -0.2) is 0 Å². The molecule has 0 atom stereocenters. The maximum absolute atomic E-state index is 10.7. The van der Waals surface area contributed by atoms with Crippen LogP contribution in [0.3, 0.4) is 0 Å². The molecule has 0 saturated heterocycles. The summed E-state index contributed by atoms with van der Waals surface area (Å²) in [6, 6.07) is 3.48. The third kappa shape index (κ3) is 1.82. The summed E-state index contributed by atoms with van der Waals surface area (Å²) >= 11 is 2.11. The van der Waals surface area contributed by atoms with Crippen LogP contribution in [0.15, 0.2) is 16.9 Å². The molecule has 0 radical (unpaired) electrons. The molecule has 1 aromatic heterocycles. The number of aromatic amines is 1. The number of H-pyrrole nitrogens is 1. The van der Waals surface area contributed by atoms with Crippen molar-refractivity contribution in [3.05, 3.63) is 31.8 Å². The average Bonchev–Trinajstić information content (AvgIpc) is 1.59. The van der Waals surface area contributed by atoms with Crippen molar-refractivity contribution in [2.24, 2.45) is 0 Å². The number of nitrogens with one attached hydrogen (secondary N) is 1. The maximum Gasteiger partial charge on any atom is 0.249 e. The van der Waals surface area contributed by atoms with Gasteiger partial charge in [-0.3, -0.25) is 4.79 Å². The summed E-state index contributed by atoms with van der Waals surface area (Å²) in [5, 5.41) is 0. The predicted molar refractivity (Wildman–Crippen MR) is 44.5 cm³/mol. The van der Waals surface area contributed by atoms with Gasteiger partial charge in [0, 0.05) is 15.3 Å². The van der Waals surface area contributed by atoms with Gasteiger partial charge in [-0.15, -0.1) is 0 Å². The molecular formula is C6H6INO. The molecular weight excluding hydrogens is 229 g/mol. The lowest BCUT2D eigenvalue weighted by Gasteiger charge is -1.90. The van der Waals surface area contributed by atoms with Crippen molar-refractivity contribution in [3.8, 4) is 0 Å². The van der Waals surface area contributed by atoms with Crippen molar-refractivity contribution in [3.63, 3.8) is 0 Å². The summed E-state index contributed by atoms with van der Waals surface area (Å²) in [6.07, 6.45) is 0. The molecule has 1 rings (SSSR count). The molecule has 9 heavy (non-hydrogen) atoms. The van der Waals surface area contributed by atoms with Crippen molar-refractivity contribution in [1.29, 1.82) is 0 Å². The van der Waals surface area contributed by atoms with Gasteiger partial charge in [-0.2, -0.15) is 0 Å². The molecule has 0 bridgehead atoms. The fourth-order valence-electron chi connectivity index (χ4n) is 0.640. The Hall–Kier alpha value is -0.320. The maximum atomic E-state index is 10.7. The summed E-state index contributed by atoms with van der Waals surface area (Å²) in [5.41, 5.74) is 0.881. The summed E-state index contributed by atoms with van der Waals surface area (Å²) < 4.78 is 0.980. The van der Waals surface area contributed by atoms with Crippen LogP contribution in [0.1, 0.15) is 5.69 Å². The number of hydrogen-bond acceptors (Lipinski definition) is 1. The van der Waals surface area contributed by atoms with Crippen molar-refractivity contribution >= 4 is 22.6 Å². The Balaban J connectivity index is 3.33. The highest BCUT2D eigenvalue weighted by atomic mass is 127. The molecule has 0 saturated carbocycles. The summed E-state index contributed by atoms with van der Waals surface area (Å²) in [5.74, 6) is 0. The Bertz CT molecular complexity index is 243. The van der Waals surface area contributed by atoms with Crippen LogP contribution in [0, 0.1) is 10.5 Å². The number of rotatable bonds is 0. The largest absolute Gasteiger partial charge is 0.326 e. The van der Waals surface area contributed by atoms with E-state index in [4.69, 9.17) is 0 Å². The fraction of sp³-hybridized carbons (Fsp3) is 0.167. The van der Waals surface area contributed by atoms with Crippen molar-refractivity contribution in [1.82, 2.24) is 4.98 Å². The topological polar surface area (TPSA) is 32.9 Å². The first-order valence-electron chi connectivity index (χ1n) is 2.55. The SMILES string of the molecule is Cc1cc(I)cc(=O)[nH]1. The number of aryl methyl sites for hydroxylation is 1. The lowest BCUT2D eigenvalue weighted by molar-refractivity contribution is 1.13. The van der Waals surface area contributed by atoms with E-state index >= 15 is 0 Å². The van der Waals surface area contributed by atoms with Crippen LogP contribution >= 0.6 is 22.6 Å². The normalized spacial score (nSPS) is 9.56. The number of aromatic nitrogens is 1. The van der Waals surface area contributed by atoms with Gasteiger partial charge in [-0.1, -0.05) is 0 Å². The molecule has 0 aromatic carbocycles.